The van der Waals surface area contributed by atoms with Gasteiger partial charge in [-0.05, 0) is 24.5 Å². The summed E-state index contributed by atoms with van der Waals surface area (Å²) in [5.74, 6) is 0.466. The molecule has 1 nitrogen and oxygen atoms in total. The first-order valence-corrected chi connectivity index (χ1v) is 6.50. The maximum atomic E-state index is 13.6. The van der Waals surface area contributed by atoms with E-state index in [1.807, 2.05) is 6.07 Å². The Labute approximate surface area is 105 Å². The molecule has 1 aromatic rings. The molecule has 1 atom stereocenters. The highest BCUT2D eigenvalue weighted by Gasteiger charge is 2.11. The van der Waals surface area contributed by atoms with Gasteiger partial charge in [0.05, 0.1) is 0 Å². The van der Waals surface area contributed by atoms with Crippen molar-refractivity contribution in [3.63, 3.8) is 0 Å². The van der Waals surface area contributed by atoms with Gasteiger partial charge < -0.3 is 5.73 Å². The minimum absolute atomic E-state index is 0.188. The number of hydrogen-bond acceptors (Lipinski definition) is 1. The zero-order chi connectivity index (χ0) is 12.1. The molecule has 0 heterocycles. The molecular formula is C13H19BrFN. The maximum Gasteiger partial charge on any atom is 0.129 e. The molecule has 16 heavy (non-hydrogen) atoms. The van der Waals surface area contributed by atoms with Gasteiger partial charge in [-0.25, -0.2) is 4.39 Å². The first kappa shape index (κ1) is 13.7. The molecule has 0 aliphatic rings. The fourth-order valence-corrected chi connectivity index (χ4v) is 2.04. The van der Waals surface area contributed by atoms with Crippen LogP contribution in [0.1, 0.15) is 44.7 Å². The van der Waals surface area contributed by atoms with Crippen molar-refractivity contribution < 1.29 is 4.39 Å². The molecule has 3 heteroatoms. The van der Waals surface area contributed by atoms with Gasteiger partial charge >= 0.3 is 0 Å². The molecule has 0 aliphatic heterocycles. The number of hydrogen-bond donors (Lipinski definition) is 1. The normalized spacial score (nSPS) is 13.1. The second kappa shape index (κ2) is 6.36. The van der Waals surface area contributed by atoms with E-state index in [0.717, 1.165) is 23.7 Å². The van der Waals surface area contributed by atoms with Gasteiger partial charge in [0.25, 0.3) is 0 Å². The molecule has 0 aromatic heterocycles. The van der Waals surface area contributed by atoms with E-state index in [1.54, 1.807) is 6.07 Å². The van der Waals surface area contributed by atoms with Crippen LogP contribution in [0.4, 0.5) is 4.39 Å². The summed E-state index contributed by atoms with van der Waals surface area (Å²) in [6.07, 6.45) is 3.04. The van der Waals surface area contributed by atoms with Gasteiger partial charge in [0.1, 0.15) is 5.82 Å². The molecule has 2 N–H and O–H groups in total. The number of halogens is 2. The summed E-state index contributed by atoms with van der Waals surface area (Å²) in [4.78, 5) is 0. The van der Waals surface area contributed by atoms with E-state index >= 15 is 0 Å². The average Bonchev–Trinajstić information content (AvgIpc) is 2.16. The van der Waals surface area contributed by atoms with Crippen LogP contribution in [0, 0.1) is 11.7 Å². The molecule has 0 spiro atoms. The first-order valence-electron chi connectivity index (χ1n) is 5.71. The largest absolute Gasteiger partial charge is 0.324 e. The number of nitrogens with two attached hydrogens (primary N) is 1. The Morgan fingerprint density at radius 3 is 2.56 bits per heavy atom. The monoisotopic (exact) mass is 287 g/mol. The molecule has 90 valence electrons. The molecular weight excluding hydrogens is 269 g/mol. The van der Waals surface area contributed by atoms with E-state index in [0.29, 0.717) is 11.5 Å². The molecule has 1 rings (SSSR count). The Hall–Kier alpha value is -0.410. The molecule has 0 radical (unpaired) electrons. The second-order valence-electron chi connectivity index (χ2n) is 4.60. The number of rotatable bonds is 5. The van der Waals surface area contributed by atoms with Gasteiger partial charge in [0.15, 0.2) is 0 Å². The lowest BCUT2D eigenvalue weighted by Gasteiger charge is -2.13. The minimum Gasteiger partial charge on any atom is -0.324 e. The van der Waals surface area contributed by atoms with Crippen LogP contribution >= 0.6 is 15.9 Å². The average molecular weight is 288 g/mol. The summed E-state index contributed by atoms with van der Waals surface area (Å²) >= 11 is 3.24. The van der Waals surface area contributed by atoms with Gasteiger partial charge in [-0.2, -0.15) is 0 Å². The van der Waals surface area contributed by atoms with Crippen LogP contribution in [-0.4, -0.2) is 0 Å². The minimum atomic E-state index is -0.216. The summed E-state index contributed by atoms with van der Waals surface area (Å²) in [5, 5.41) is 0. The third-order valence-corrected chi connectivity index (χ3v) is 3.15. The predicted octanol–water partition coefficient (Wildman–Crippen LogP) is 4.41. The van der Waals surface area contributed by atoms with Crippen LogP contribution < -0.4 is 5.73 Å². The maximum absolute atomic E-state index is 13.6. The van der Waals surface area contributed by atoms with Crippen LogP contribution in [0.3, 0.4) is 0 Å². The fourth-order valence-electron chi connectivity index (χ4n) is 1.70. The zero-order valence-corrected chi connectivity index (χ0v) is 11.4. The smallest absolute Gasteiger partial charge is 0.129 e. The van der Waals surface area contributed by atoms with E-state index in [1.165, 1.54) is 6.07 Å². The van der Waals surface area contributed by atoms with Crippen molar-refractivity contribution in [3.8, 4) is 0 Å². The van der Waals surface area contributed by atoms with Crippen LogP contribution in [-0.2, 0) is 0 Å². The summed E-state index contributed by atoms with van der Waals surface area (Å²) in [6, 6.07) is 4.88. The molecule has 0 amide bonds. The van der Waals surface area contributed by atoms with E-state index in [-0.39, 0.29) is 11.9 Å². The predicted molar refractivity (Wildman–Crippen MR) is 69.7 cm³/mol. The highest BCUT2D eigenvalue weighted by Crippen LogP contribution is 2.23. The highest BCUT2D eigenvalue weighted by molar-refractivity contribution is 9.10. The topological polar surface area (TPSA) is 26.0 Å². The van der Waals surface area contributed by atoms with Crippen molar-refractivity contribution in [3.05, 3.63) is 34.1 Å². The van der Waals surface area contributed by atoms with Crippen molar-refractivity contribution >= 4 is 15.9 Å². The van der Waals surface area contributed by atoms with Gasteiger partial charge in [0, 0.05) is 16.1 Å². The van der Waals surface area contributed by atoms with Crippen molar-refractivity contribution in [1.82, 2.24) is 0 Å². The van der Waals surface area contributed by atoms with E-state index in [2.05, 4.69) is 29.8 Å². The molecule has 0 saturated heterocycles. The Morgan fingerprint density at radius 2 is 2.00 bits per heavy atom. The summed E-state index contributed by atoms with van der Waals surface area (Å²) < 4.78 is 14.3. The first-order chi connectivity index (χ1) is 7.50. The lowest BCUT2D eigenvalue weighted by Crippen LogP contribution is -2.12. The fraction of sp³-hybridized carbons (Fsp3) is 0.538. The molecule has 0 saturated carbocycles. The van der Waals surface area contributed by atoms with Gasteiger partial charge in [0.2, 0.25) is 0 Å². The van der Waals surface area contributed by atoms with Crippen LogP contribution in [0.15, 0.2) is 22.7 Å². The lowest BCUT2D eigenvalue weighted by atomic mass is 9.98. The zero-order valence-electron chi connectivity index (χ0n) is 9.84. The summed E-state index contributed by atoms with van der Waals surface area (Å²) in [5.41, 5.74) is 6.59. The molecule has 1 unspecified atom stereocenters. The van der Waals surface area contributed by atoms with Crippen molar-refractivity contribution in [2.45, 2.75) is 39.2 Å². The molecule has 0 fully saturated rings. The number of benzene rings is 1. The van der Waals surface area contributed by atoms with Crippen LogP contribution in [0.5, 0.6) is 0 Å². The van der Waals surface area contributed by atoms with Gasteiger partial charge in [-0.1, -0.05) is 48.7 Å². The van der Waals surface area contributed by atoms with E-state index in [4.69, 9.17) is 5.73 Å². The second-order valence-corrected chi connectivity index (χ2v) is 5.51. The Morgan fingerprint density at radius 1 is 1.31 bits per heavy atom. The van der Waals surface area contributed by atoms with Gasteiger partial charge in [-0.15, -0.1) is 0 Å². The molecule has 0 bridgehead atoms. The Balaban J connectivity index is 2.55. The Kier molecular flexibility index (Phi) is 5.42. The summed E-state index contributed by atoms with van der Waals surface area (Å²) in [6.45, 7) is 4.37. The van der Waals surface area contributed by atoms with Crippen molar-refractivity contribution in [2.75, 3.05) is 0 Å². The Bertz CT molecular complexity index is 339. The summed E-state index contributed by atoms with van der Waals surface area (Å²) in [7, 11) is 0. The van der Waals surface area contributed by atoms with Crippen LogP contribution in [0.2, 0.25) is 0 Å². The standard InChI is InChI=1S/C13H19BrFN/c1-9(2)4-3-5-13(16)11-7-6-10(14)8-12(11)15/h6-9,13H,3-5,16H2,1-2H3. The van der Waals surface area contributed by atoms with Crippen LogP contribution in [0.25, 0.3) is 0 Å². The van der Waals surface area contributed by atoms with E-state index < -0.39 is 0 Å². The van der Waals surface area contributed by atoms with E-state index in [9.17, 15) is 4.39 Å². The van der Waals surface area contributed by atoms with Gasteiger partial charge in [-0.3, -0.25) is 0 Å². The third kappa shape index (κ3) is 4.22. The molecule has 1 aromatic carbocycles. The third-order valence-electron chi connectivity index (χ3n) is 2.66. The SMILES string of the molecule is CC(C)CCCC(N)c1ccc(Br)cc1F. The van der Waals surface area contributed by atoms with Crippen molar-refractivity contribution in [1.29, 1.82) is 0 Å². The molecule has 0 aliphatic carbocycles. The lowest BCUT2D eigenvalue weighted by molar-refractivity contribution is 0.493. The van der Waals surface area contributed by atoms with Crippen molar-refractivity contribution in [2.24, 2.45) is 11.7 Å². The quantitative estimate of drug-likeness (QED) is 0.853. The highest BCUT2D eigenvalue weighted by atomic mass is 79.9.